The molecule has 0 unspecified atom stereocenters. The lowest BCUT2D eigenvalue weighted by Crippen LogP contribution is -2.13. The number of hydrogen-bond donors (Lipinski definition) is 0. The SMILES string of the molecule is CCc1ccccc1CP(c1ccccc1)c1ccccc1. The molecule has 3 rings (SSSR count). The van der Waals surface area contributed by atoms with E-state index in [0.717, 1.165) is 12.6 Å². The van der Waals surface area contributed by atoms with E-state index in [2.05, 4.69) is 91.9 Å². The molecule has 0 N–H and O–H groups in total. The van der Waals surface area contributed by atoms with Gasteiger partial charge in [0.15, 0.2) is 0 Å². The first kappa shape index (κ1) is 15.0. The summed E-state index contributed by atoms with van der Waals surface area (Å²) in [5, 5.41) is 2.91. The number of rotatable bonds is 5. The molecule has 0 atom stereocenters. The minimum absolute atomic E-state index is 0.349. The van der Waals surface area contributed by atoms with Gasteiger partial charge in [0.05, 0.1) is 0 Å². The van der Waals surface area contributed by atoms with Gasteiger partial charge in [-0.3, -0.25) is 0 Å². The van der Waals surface area contributed by atoms with Crippen molar-refractivity contribution in [3.63, 3.8) is 0 Å². The van der Waals surface area contributed by atoms with E-state index >= 15 is 0 Å². The van der Waals surface area contributed by atoms with Crippen molar-refractivity contribution in [3.05, 3.63) is 96.1 Å². The minimum atomic E-state index is -0.349. The molecule has 0 fully saturated rings. The van der Waals surface area contributed by atoms with Gasteiger partial charge >= 0.3 is 0 Å². The third-order valence-corrected chi connectivity index (χ3v) is 6.46. The van der Waals surface area contributed by atoms with E-state index in [1.54, 1.807) is 0 Å². The van der Waals surface area contributed by atoms with Crippen molar-refractivity contribution in [1.29, 1.82) is 0 Å². The summed E-state index contributed by atoms with van der Waals surface area (Å²) >= 11 is 0. The minimum Gasteiger partial charge on any atom is -0.0622 e. The fourth-order valence-corrected chi connectivity index (χ4v) is 5.15. The van der Waals surface area contributed by atoms with Crippen LogP contribution in [-0.2, 0) is 12.6 Å². The molecule has 22 heavy (non-hydrogen) atoms. The van der Waals surface area contributed by atoms with E-state index in [0.29, 0.717) is 0 Å². The topological polar surface area (TPSA) is 0 Å². The summed E-state index contributed by atoms with van der Waals surface area (Å²) in [7, 11) is -0.349. The van der Waals surface area contributed by atoms with E-state index in [-0.39, 0.29) is 7.92 Å². The van der Waals surface area contributed by atoms with Gasteiger partial charge in [0.1, 0.15) is 0 Å². The molecule has 0 amide bonds. The molecule has 110 valence electrons. The molecule has 0 heterocycles. The Bertz CT molecular complexity index is 665. The van der Waals surface area contributed by atoms with Gasteiger partial charge in [-0.05, 0) is 36.1 Å². The maximum absolute atomic E-state index is 2.29. The van der Waals surface area contributed by atoms with Gasteiger partial charge in [-0.1, -0.05) is 91.9 Å². The van der Waals surface area contributed by atoms with Crippen LogP contribution in [0.25, 0.3) is 0 Å². The first-order valence-corrected chi connectivity index (χ1v) is 9.35. The van der Waals surface area contributed by atoms with Crippen molar-refractivity contribution in [3.8, 4) is 0 Å². The molecule has 3 aromatic rings. The quantitative estimate of drug-likeness (QED) is 0.589. The standard InChI is InChI=1S/C21H21P/c1-2-18-11-9-10-12-19(18)17-22(20-13-5-3-6-14-20)21-15-7-4-8-16-21/h3-16H,2,17H2,1H3. The maximum Gasteiger partial charge on any atom is 0.00102 e. The maximum atomic E-state index is 2.29. The number of aryl methyl sites for hydroxylation is 1. The van der Waals surface area contributed by atoms with Gasteiger partial charge in [-0.15, -0.1) is 0 Å². The van der Waals surface area contributed by atoms with Crippen LogP contribution in [0.1, 0.15) is 18.1 Å². The summed E-state index contributed by atoms with van der Waals surface area (Å²) in [5.74, 6) is 0. The van der Waals surface area contributed by atoms with Gasteiger partial charge < -0.3 is 0 Å². The zero-order chi connectivity index (χ0) is 15.2. The van der Waals surface area contributed by atoms with Crippen molar-refractivity contribution >= 4 is 18.5 Å². The molecular weight excluding hydrogens is 283 g/mol. The summed E-state index contributed by atoms with van der Waals surface area (Å²) < 4.78 is 0. The van der Waals surface area contributed by atoms with Crippen LogP contribution in [0.2, 0.25) is 0 Å². The second kappa shape index (κ2) is 7.38. The highest BCUT2D eigenvalue weighted by Gasteiger charge is 2.15. The molecule has 0 spiro atoms. The Morgan fingerprint density at radius 3 is 1.55 bits per heavy atom. The fraction of sp³-hybridized carbons (Fsp3) is 0.143. The lowest BCUT2D eigenvalue weighted by molar-refractivity contribution is 1.10. The van der Waals surface area contributed by atoms with Crippen LogP contribution in [0.4, 0.5) is 0 Å². The van der Waals surface area contributed by atoms with Crippen LogP contribution >= 0.6 is 7.92 Å². The van der Waals surface area contributed by atoms with Crippen LogP contribution in [0, 0.1) is 0 Å². The van der Waals surface area contributed by atoms with E-state index in [1.165, 1.54) is 21.7 Å². The Hall–Kier alpha value is -1.91. The Morgan fingerprint density at radius 1 is 0.591 bits per heavy atom. The Balaban J connectivity index is 1.99. The van der Waals surface area contributed by atoms with Gasteiger partial charge in [0, 0.05) is 6.16 Å². The van der Waals surface area contributed by atoms with Crippen LogP contribution in [0.15, 0.2) is 84.9 Å². The molecule has 0 aliphatic heterocycles. The third-order valence-electron chi connectivity index (χ3n) is 3.96. The highest BCUT2D eigenvalue weighted by atomic mass is 31.1. The highest BCUT2D eigenvalue weighted by Crippen LogP contribution is 2.38. The molecule has 0 saturated heterocycles. The third kappa shape index (κ3) is 3.46. The zero-order valence-electron chi connectivity index (χ0n) is 12.9. The van der Waals surface area contributed by atoms with Crippen molar-refractivity contribution in [2.45, 2.75) is 19.5 Å². The summed E-state index contributed by atoms with van der Waals surface area (Å²) in [6.07, 6.45) is 2.22. The number of benzene rings is 3. The Labute approximate surface area is 134 Å². The Morgan fingerprint density at radius 2 is 1.05 bits per heavy atom. The summed E-state index contributed by atoms with van der Waals surface area (Å²) in [4.78, 5) is 0. The molecule has 3 aromatic carbocycles. The van der Waals surface area contributed by atoms with Crippen molar-refractivity contribution in [2.75, 3.05) is 0 Å². The molecule has 0 aliphatic carbocycles. The average Bonchev–Trinajstić information content (AvgIpc) is 2.61. The fourth-order valence-electron chi connectivity index (χ4n) is 2.77. The van der Waals surface area contributed by atoms with E-state index in [4.69, 9.17) is 0 Å². The zero-order valence-corrected chi connectivity index (χ0v) is 13.8. The van der Waals surface area contributed by atoms with E-state index in [1.807, 2.05) is 0 Å². The van der Waals surface area contributed by atoms with E-state index < -0.39 is 0 Å². The average molecular weight is 304 g/mol. The van der Waals surface area contributed by atoms with Crippen molar-refractivity contribution < 1.29 is 0 Å². The monoisotopic (exact) mass is 304 g/mol. The predicted molar refractivity (Wildman–Crippen MR) is 98.6 cm³/mol. The van der Waals surface area contributed by atoms with Crippen molar-refractivity contribution in [1.82, 2.24) is 0 Å². The normalized spacial score (nSPS) is 10.8. The molecule has 0 nitrogen and oxygen atoms in total. The largest absolute Gasteiger partial charge is 0.0622 e. The van der Waals surface area contributed by atoms with Gasteiger partial charge in [0.2, 0.25) is 0 Å². The summed E-state index contributed by atoms with van der Waals surface area (Å²) in [6.45, 7) is 2.24. The lowest BCUT2D eigenvalue weighted by Gasteiger charge is -2.20. The van der Waals surface area contributed by atoms with Crippen LogP contribution < -0.4 is 10.6 Å². The summed E-state index contributed by atoms with van der Waals surface area (Å²) in [6, 6.07) is 30.8. The summed E-state index contributed by atoms with van der Waals surface area (Å²) in [5.41, 5.74) is 2.96. The van der Waals surface area contributed by atoms with Gasteiger partial charge in [-0.2, -0.15) is 0 Å². The molecule has 0 aliphatic rings. The lowest BCUT2D eigenvalue weighted by atomic mass is 10.1. The second-order valence-electron chi connectivity index (χ2n) is 5.38. The molecule has 1 heteroatoms. The first-order chi connectivity index (χ1) is 10.9. The van der Waals surface area contributed by atoms with Gasteiger partial charge in [0.25, 0.3) is 0 Å². The van der Waals surface area contributed by atoms with Crippen LogP contribution in [0.3, 0.4) is 0 Å². The van der Waals surface area contributed by atoms with Crippen molar-refractivity contribution in [2.24, 2.45) is 0 Å². The molecule has 0 saturated carbocycles. The predicted octanol–water partition coefficient (Wildman–Crippen LogP) is 4.88. The molecule has 0 radical (unpaired) electrons. The molecular formula is C21H21P. The molecule has 0 aromatic heterocycles. The van der Waals surface area contributed by atoms with Crippen LogP contribution in [0.5, 0.6) is 0 Å². The number of hydrogen-bond acceptors (Lipinski definition) is 0. The van der Waals surface area contributed by atoms with Gasteiger partial charge in [-0.25, -0.2) is 0 Å². The molecule has 0 bridgehead atoms. The Kier molecular flexibility index (Phi) is 5.03. The second-order valence-corrected chi connectivity index (χ2v) is 7.58. The first-order valence-electron chi connectivity index (χ1n) is 7.83. The highest BCUT2D eigenvalue weighted by molar-refractivity contribution is 7.72. The van der Waals surface area contributed by atoms with Crippen LogP contribution in [-0.4, -0.2) is 0 Å². The smallest absolute Gasteiger partial charge is 0.00102 e. The van der Waals surface area contributed by atoms with E-state index in [9.17, 15) is 0 Å².